The third-order valence-corrected chi connectivity index (χ3v) is 1.64. The maximum atomic E-state index is 8.85. The molecule has 2 N–H and O–H groups in total. The lowest BCUT2D eigenvalue weighted by molar-refractivity contribution is 0.295. The minimum atomic E-state index is -1.42. The predicted octanol–water partition coefficient (Wildman–Crippen LogP) is 0.249. The van der Waals surface area contributed by atoms with Gasteiger partial charge in [-0.05, 0) is 18.9 Å². The van der Waals surface area contributed by atoms with Crippen molar-refractivity contribution < 1.29 is 14.8 Å². The van der Waals surface area contributed by atoms with Gasteiger partial charge < -0.3 is 14.8 Å². The lowest BCUT2D eigenvalue weighted by Gasteiger charge is -2.13. The summed E-state index contributed by atoms with van der Waals surface area (Å²) in [5, 5.41) is 17.7. The topological polar surface area (TPSA) is 49.7 Å². The van der Waals surface area contributed by atoms with Gasteiger partial charge in [0.05, 0.1) is 7.11 Å². The minimum Gasteiger partial charge on any atom is -0.497 e. The lowest BCUT2D eigenvalue weighted by Crippen LogP contribution is -2.19. The molecule has 0 unspecified atom stereocenters. The summed E-state index contributed by atoms with van der Waals surface area (Å²) in [6.07, 6.45) is 5.39. The first-order valence-electron chi connectivity index (χ1n) is 3.56. The highest BCUT2D eigenvalue weighted by atomic mass is 16.5. The van der Waals surface area contributed by atoms with Gasteiger partial charge >= 0.3 is 7.12 Å². The number of hydrogen-bond donors (Lipinski definition) is 2. The van der Waals surface area contributed by atoms with Crippen molar-refractivity contribution in [3.63, 3.8) is 0 Å². The van der Waals surface area contributed by atoms with Crippen LogP contribution in [0.5, 0.6) is 0 Å². The number of allylic oxidation sites excluding steroid dienone is 3. The highest BCUT2D eigenvalue weighted by Gasteiger charge is 2.20. The van der Waals surface area contributed by atoms with Gasteiger partial charge in [-0.2, -0.15) is 0 Å². The van der Waals surface area contributed by atoms with Crippen LogP contribution in [0.3, 0.4) is 0 Å². The average Bonchev–Trinajstić information content (AvgIpc) is 2.04. The highest BCUT2D eigenvalue weighted by molar-refractivity contribution is 6.52. The Bertz CT molecular complexity index is 196. The van der Waals surface area contributed by atoms with E-state index in [9.17, 15) is 0 Å². The largest absolute Gasteiger partial charge is 0.497 e. The van der Waals surface area contributed by atoms with Gasteiger partial charge in [0, 0.05) is 5.47 Å². The maximum Gasteiger partial charge on any atom is 0.491 e. The monoisotopic (exact) mass is 154 g/mol. The molecule has 0 aliphatic heterocycles. The molecule has 0 atom stereocenters. The van der Waals surface area contributed by atoms with Crippen LogP contribution in [0.4, 0.5) is 0 Å². The molecule has 0 bridgehead atoms. The van der Waals surface area contributed by atoms with Gasteiger partial charge in [-0.15, -0.1) is 0 Å². The van der Waals surface area contributed by atoms with Crippen LogP contribution in [-0.2, 0) is 4.74 Å². The molecule has 4 heteroatoms. The van der Waals surface area contributed by atoms with E-state index in [0.717, 1.165) is 12.8 Å². The quantitative estimate of drug-likeness (QED) is 0.560. The molecule has 0 aromatic carbocycles. The first kappa shape index (κ1) is 8.36. The fourth-order valence-electron chi connectivity index (χ4n) is 1.11. The molecule has 1 rings (SSSR count). The van der Waals surface area contributed by atoms with Crippen molar-refractivity contribution in [3.05, 3.63) is 23.4 Å². The second kappa shape index (κ2) is 3.60. The Morgan fingerprint density at radius 1 is 1.36 bits per heavy atom. The zero-order valence-electron chi connectivity index (χ0n) is 6.45. The molecule has 0 spiro atoms. The minimum absolute atomic E-state index is 0.471. The Balaban J connectivity index is 2.75. The summed E-state index contributed by atoms with van der Waals surface area (Å²) in [4.78, 5) is 0. The van der Waals surface area contributed by atoms with Gasteiger partial charge in [0.2, 0.25) is 0 Å². The first-order chi connectivity index (χ1) is 5.25. The molecular formula is C7H11BO3. The Morgan fingerprint density at radius 3 is 2.45 bits per heavy atom. The number of rotatable bonds is 2. The Hall–Kier alpha value is -0.735. The average molecular weight is 154 g/mol. The van der Waals surface area contributed by atoms with E-state index in [4.69, 9.17) is 14.8 Å². The van der Waals surface area contributed by atoms with Crippen molar-refractivity contribution in [2.75, 3.05) is 7.11 Å². The summed E-state index contributed by atoms with van der Waals surface area (Å²) >= 11 is 0. The number of ether oxygens (including phenoxy) is 1. The molecule has 60 valence electrons. The molecule has 0 radical (unpaired) electrons. The predicted molar refractivity (Wildman–Crippen MR) is 42.6 cm³/mol. The van der Waals surface area contributed by atoms with E-state index in [1.807, 2.05) is 6.08 Å². The zero-order chi connectivity index (χ0) is 8.27. The van der Waals surface area contributed by atoms with Gasteiger partial charge in [-0.1, -0.05) is 6.08 Å². The van der Waals surface area contributed by atoms with Crippen LogP contribution in [-0.4, -0.2) is 24.3 Å². The molecule has 0 amide bonds. The smallest absolute Gasteiger partial charge is 0.491 e. The molecule has 0 heterocycles. The highest BCUT2D eigenvalue weighted by Crippen LogP contribution is 2.19. The van der Waals surface area contributed by atoms with Crippen LogP contribution in [0.15, 0.2) is 23.4 Å². The molecule has 0 aromatic heterocycles. The zero-order valence-corrected chi connectivity index (χ0v) is 6.45. The van der Waals surface area contributed by atoms with Gasteiger partial charge in [0.15, 0.2) is 0 Å². The summed E-state index contributed by atoms with van der Waals surface area (Å²) < 4.78 is 4.94. The normalized spacial score (nSPS) is 17.0. The summed E-state index contributed by atoms with van der Waals surface area (Å²) in [5.41, 5.74) is 0.471. The van der Waals surface area contributed by atoms with Crippen LogP contribution in [0, 0.1) is 0 Å². The molecule has 0 saturated carbocycles. The standard InChI is InChI=1S/C7H11BO3/c1-11-7-5-3-2-4-6(7)8(9)10/h4-5,9-10H,2-3H2,1H3. The van der Waals surface area contributed by atoms with Crippen molar-refractivity contribution in [2.45, 2.75) is 12.8 Å². The lowest BCUT2D eigenvalue weighted by atomic mass is 9.75. The van der Waals surface area contributed by atoms with E-state index < -0.39 is 7.12 Å². The van der Waals surface area contributed by atoms with Crippen molar-refractivity contribution in [2.24, 2.45) is 0 Å². The molecule has 0 saturated heterocycles. The summed E-state index contributed by atoms with van der Waals surface area (Å²) in [6, 6.07) is 0. The van der Waals surface area contributed by atoms with Crippen LogP contribution < -0.4 is 0 Å². The third kappa shape index (κ3) is 1.85. The van der Waals surface area contributed by atoms with Crippen molar-refractivity contribution in [1.29, 1.82) is 0 Å². The molecule has 1 aliphatic carbocycles. The molecule has 0 fully saturated rings. The fourth-order valence-corrected chi connectivity index (χ4v) is 1.11. The second-order valence-electron chi connectivity index (χ2n) is 2.38. The van der Waals surface area contributed by atoms with E-state index in [0.29, 0.717) is 11.2 Å². The SMILES string of the molecule is COC1=CCCC=C1B(O)O. The summed E-state index contributed by atoms with van der Waals surface area (Å²) in [7, 11) is 0.106. The number of methoxy groups -OCH3 is 1. The van der Waals surface area contributed by atoms with Crippen LogP contribution in [0.2, 0.25) is 0 Å². The molecule has 3 nitrogen and oxygen atoms in total. The van der Waals surface area contributed by atoms with Gasteiger partial charge in [0.25, 0.3) is 0 Å². The molecule has 1 aliphatic rings. The van der Waals surface area contributed by atoms with E-state index in [1.165, 1.54) is 7.11 Å². The van der Waals surface area contributed by atoms with Crippen LogP contribution >= 0.6 is 0 Å². The summed E-state index contributed by atoms with van der Waals surface area (Å²) in [5.74, 6) is 0.575. The Kier molecular flexibility index (Phi) is 2.73. The van der Waals surface area contributed by atoms with Gasteiger partial charge in [-0.3, -0.25) is 0 Å². The Morgan fingerprint density at radius 2 is 2.00 bits per heavy atom. The van der Waals surface area contributed by atoms with Crippen molar-refractivity contribution >= 4 is 7.12 Å². The van der Waals surface area contributed by atoms with E-state index in [2.05, 4.69) is 0 Å². The molecule has 11 heavy (non-hydrogen) atoms. The molecule has 0 aromatic rings. The second-order valence-corrected chi connectivity index (χ2v) is 2.38. The van der Waals surface area contributed by atoms with Crippen LogP contribution in [0.25, 0.3) is 0 Å². The van der Waals surface area contributed by atoms with E-state index in [1.54, 1.807) is 6.08 Å². The van der Waals surface area contributed by atoms with E-state index in [-0.39, 0.29) is 0 Å². The van der Waals surface area contributed by atoms with E-state index >= 15 is 0 Å². The maximum absolute atomic E-state index is 8.85. The third-order valence-electron chi connectivity index (χ3n) is 1.64. The fraction of sp³-hybridized carbons (Fsp3) is 0.429. The van der Waals surface area contributed by atoms with Crippen molar-refractivity contribution in [1.82, 2.24) is 0 Å². The first-order valence-corrected chi connectivity index (χ1v) is 3.56. The van der Waals surface area contributed by atoms with Gasteiger partial charge in [-0.25, -0.2) is 0 Å². The van der Waals surface area contributed by atoms with Crippen LogP contribution in [0.1, 0.15) is 12.8 Å². The number of hydrogen-bond acceptors (Lipinski definition) is 3. The Labute approximate surface area is 66.1 Å². The van der Waals surface area contributed by atoms with Crippen molar-refractivity contribution in [3.8, 4) is 0 Å². The van der Waals surface area contributed by atoms with Gasteiger partial charge in [0.1, 0.15) is 5.76 Å². The molecular weight excluding hydrogens is 143 g/mol. The summed E-state index contributed by atoms with van der Waals surface area (Å²) in [6.45, 7) is 0.